The number of rotatable bonds is 12. The lowest BCUT2D eigenvalue weighted by Crippen LogP contribution is -2.62. The lowest BCUT2D eigenvalue weighted by Gasteiger charge is -2.53. The van der Waals surface area contributed by atoms with Crippen molar-refractivity contribution in [3.63, 3.8) is 0 Å². The van der Waals surface area contributed by atoms with Crippen LogP contribution in [0.25, 0.3) is 0 Å². The molecule has 2 aliphatic rings. The highest BCUT2D eigenvalue weighted by atomic mass is 19.1. The maximum absolute atomic E-state index is 14.4. The van der Waals surface area contributed by atoms with Crippen molar-refractivity contribution in [2.24, 2.45) is 11.3 Å². The Kier molecular flexibility index (Phi) is 11.4. The first-order valence-electron chi connectivity index (χ1n) is 17.0. The van der Waals surface area contributed by atoms with Gasteiger partial charge in [0, 0.05) is 63.3 Å². The zero-order valence-corrected chi connectivity index (χ0v) is 30.0. The van der Waals surface area contributed by atoms with Crippen molar-refractivity contribution >= 4 is 17.7 Å². The minimum absolute atomic E-state index is 0.0672. The van der Waals surface area contributed by atoms with Gasteiger partial charge in [-0.25, -0.2) is 9.18 Å². The van der Waals surface area contributed by atoms with E-state index in [1.165, 1.54) is 18.2 Å². The van der Waals surface area contributed by atoms with Gasteiger partial charge in [-0.05, 0) is 97.9 Å². The number of ether oxygens (including phenoxy) is 2. The molecule has 0 saturated carbocycles. The average Bonchev–Trinajstić information content (AvgIpc) is 3.40. The normalized spacial score (nSPS) is 16.9. The number of benzene rings is 1. The number of carbonyl (C=O) groups excluding carboxylic acids is 2. The van der Waals surface area contributed by atoms with Crippen molar-refractivity contribution in [3.05, 3.63) is 41.8 Å². The van der Waals surface area contributed by atoms with Crippen LogP contribution in [0.3, 0.4) is 0 Å². The highest BCUT2D eigenvalue weighted by Gasteiger charge is 2.50. The second-order valence-electron chi connectivity index (χ2n) is 15.3. The highest BCUT2D eigenvalue weighted by molar-refractivity contribution is 5.97. The molecular formula is C36H55FN6O4. The maximum Gasteiger partial charge on any atom is 0.410 e. The zero-order valence-electron chi connectivity index (χ0n) is 30.0. The van der Waals surface area contributed by atoms with Gasteiger partial charge in [-0.1, -0.05) is 13.8 Å². The van der Waals surface area contributed by atoms with Gasteiger partial charge in [0.15, 0.2) is 0 Å². The van der Waals surface area contributed by atoms with Crippen molar-refractivity contribution in [2.75, 3.05) is 44.7 Å². The summed E-state index contributed by atoms with van der Waals surface area (Å²) in [6.45, 7) is 22.4. The minimum Gasteiger partial charge on any atom is -0.444 e. The molecule has 0 bridgehead atoms. The standard InChI is InChI=1S/C36H55FN6O4/c1-24(2)29(12-11-18-40(10)34(45)47-35(7,8)9)42-22-36(23-42)16-19-41(21-36)30-15-17-38-39-32(30)46-31-14-13-27(37)20-28(31)33(44)43(25(3)4)26(5)6/h13-15,17,20,24-26,29H,11-12,16,18-19,21-23H2,1-10H3. The summed E-state index contributed by atoms with van der Waals surface area (Å²) in [5.41, 5.74) is 0.645. The van der Waals surface area contributed by atoms with Crippen LogP contribution >= 0.6 is 0 Å². The van der Waals surface area contributed by atoms with Gasteiger partial charge in [0.05, 0.1) is 11.8 Å². The number of likely N-dealkylation sites (tertiary alicyclic amines) is 1. The second kappa shape index (κ2) is 14.7. The summed E-state index contributed by atoms with van der Waals surface area (Å²) >= 11 is 0. The van der Waals surface area contributed by atoms with Crippen molar-refractivity contribution in [2.45, 2.75) is 105 Å². The molecule has 1 aromatic heterocycles. The van der Waals surface area contributed by atoms with Gasteiger partial charge in [-0.15, -0.1) is 5.10 Å². The molecule has 260 valence electrons. The Morgan fingerprint density at radius 3 is 2.34 bits per heavy atom. The quantitative estimate of drug-likeness (QED) is 0.246. The largest absolute Gasteiger partial charge is 0.444 e. The average molecular weight is 655 g/mol. The zero-order chi connectivity index (χ0) is 34.7. The van der Waals surface area contributed by atoms with Gasteiger partial charge in [0.25, 0.3) is 11.8 Å². The molecule has 1 spiro atoms. The molecule has 1 unspecified atom stereocenters. The van der Waals surface area contributed by atoms with Crippen LogP contribution in [-0.2, 0) is 4.74 Å². The van der Waals surface area contributed by atoms with Gasteiger partial charge in [0.2, 0.25) is 0 Å². The number of carbonyl (C=O) groups is 2. The molecule has 2 aliphatic heterocycles. The lowest BCUT2D eigenvalue weighted by molar-refractivity contribution is -0.0345. The molecule has 0 radical (unpaired) electrons. The van der Waals surface area contributed by atoms with Crippen LogP contribution in [0, 0.1) is 17.2 Å². The van der Waals surface area contributed by atoms with Crippen LogP contribution in [0.5, 0.6) is 11.6 Å². The number of hydrogen-bond donors (Lipinski definition) is 0. The molecule has 1 atom stereocenters. The Balaban J connectivity index is 1.41. The summed E-state index contributed by atoms with van der Waals surface area (Å²) in [7, 11) is 1.80. The van der Waals surface area contributed by atoms with Gasteiger partial charge >= 0.3 is 6.09 Å². The SMILES string of the molecule is CC(C)C(CCCN(C)C(=O)OC(C)(C)C)N1CC2(CCN(c3ccnnc3Oc3ccc(F)cc3C(=O)N(C(C)C)C(C)C)C2)C1. The summed E-state index contributed by atoms with van der Waals surface area (Å²) in [6.07, 6.45) is 4.35. The van der Waals surface area contributed by atoms with Crippen LogP contribution < -0.4 is 9.64 Å². The Hall–Kier alpha value is -3.47. The third-order valence-electron chi connectivity index (χ3n) is 9.19. The van der Waals surface area contributed by atoms with E-state index in [1.54, 1.807) is 23.0 Å². The first-order chi connectivity index (χ1) is 22.0. The second-order valence-corrected chi connectivity index (χ2v) is 15.3. The van der Waals surface area contributed by atoms with Crippen LogP contribution in [0.2, 0.25) is 0 Å². The molecule has 11 heteroatoms. The molecule has 10 nitrogen and oxygen atoms in total. The molecule has 1 aromatic carbocycles. The fraction of sp³-hybridized carbons (Fsp3) is 0.667. The van der Waals surface area contributed by atoms with Crippen molar-refractivity contribution in [1.29, 1.82) is 0 Å². The van der Waals surface area contributed by atoms with E-state index in [-0.39, 0.29) is 40.8 Å². The van der Waals surface area contributed by atoms with Crippen LogP contribution in [-0.4, -0.2) is 100 Å². The molecule has 0 N–H and O–H groups in total. The third-order valence-corrected chi connectivity index (χ3v) is 9.19. The molecule has 0 aliphatic carbocycles. The predicted molar refractivity (Wildman–Crippen MR) is 183 cm³/mol. The fourth-order valence-electron chi connectivity index (χ4n) is 7.05. The van der Waals surface area contributed by atoms with E-state index >= 15 is 0 Å². The highest BCUT2D eigenvalue weighted by Crippen LogP contribution is 2.45. The summed E-state index contributed by atoms with van der Waals surface area (Å²) in [5, 5.41) is 8.39. The maximum atomic E-state index is 14.4. The van der Waals surface area contributed by atoms with Crippen molar-refractivity contribution in [1.82, 2.24) is 24.9 Å². The van der Waals surface area contributed by atoms with Gasteiger partial charge < -0.3 is 24.2 Å². The molecule has 3 heterocycles. The van der Waals surface area contributed by atoms with Crippen LogP contribution in [0.1, 0.15) is 91.9 Å². The Labute approximate surface area is 280 Å². The summed E-state index contributed by atoms with van der Waals surface area (Å²) in [5.74, 6) is 0.261. The number of halogens is 1. The van der Waals surface area contributed by atoms with Crippen molar-refractivity contribution in [3.8, 4) is 11.6 Å². The van der Waals surface area contributed by atoms with Gasteiger partial charge in [-0.3, -0.25) is 9.69 Å². The Bertz CT molecular complexity index is 1380. The number of nitrogens with zero attached hydrogens (tertiary/aromatic N) is 6. The monoisotopic (exact) mass is 654 g/mol. The van der Waals surface area contributed by atoms with Gasteiger partial charge in [0.1, 0.15) is 22.9 Å². The summed E-state index contributed by atoms with van der Waals surface area (Å²) in [4.78, 5) is 34.2. The van der Waals surface area contributed by atoms with E-state index in [4.69, 9.17) is 9.47 Å². The van der Waals surface area contributed by atoms with Crippen LogP contribution in [0.4, 0.5) is 14.9 Å². The Morgan fingerprint density at radius 1 is 1.04 bits per heavy atom. The molecule has 4 rings (SSSR count). The Morgan fingerprint density at radius 2 is 1.72 bits per heavy atom. The van der Waals surface area contributed by atoms with E-state index < -0.39 is 11.4 Å². The van der Waals surface area contributed by atoms with Crippen molar-refractivity contribution < 1.29 is 23.5 Å². The van der Waals surface area contributed by atoms with E-state index in [9.17, 15) is 14.0 Å². The fourth-order valence-corrected chi connectivity index (χ4v) is 7.05. The predicted octanol–water partition coefficient (Wildman–Crippen LogP) is 6.85. The van der Waals surface area contributed by atoms with E-state index in [0.717, 1.165) is 51.1 Å². The minimum atomic E-state index is -0.502. The number of aromatic nitrogens is 2. The van der Waals surface area contributed by atoms with Gasteiger partial charge in [-0.2, -0.15) is 5.10 Å². The van der Waals surface area contributed by atoms with Crippen LogP contribution in [0.15, 0.2) is 30.5 Å². The molecule has 2 fully saturated rings. The third kappa shape index (κ3) is 8.91. The number of anilines is 1. The molecular weight excluding hydrogens is 599 g/mol. The van der Waals surface area contributed by atoms with E-state index in [1.807, 2.05) is 54.5 Å². The first kappa shape index (κ1) is 36.4. The van der Waals surface area contributed by atoms with E-state index in [2.05, 4.69) is 33.8 Å². The number of hydrogen-bond acceptors (Lipinski definition) is 8. The smallest absolute Gasteiger partial charge is 0.410 e. The lowest BCUT2D eigenvalue weighted by atomic mass is 9.76. The number of amides is 2. The molecule has 2 saturated heterocycles. The molecule has 2 aromatic rings. The molecule has 2 amide bonds. The summed E-state index contributed by atoms with van der Waals surface area (Å²) < 4.78 is 26.2. The molecule has 47 heavy (non-hydrogen) atoms. The summed E-state index contributed by atoms with van der Waals surface area (Å²) in [6, 6.07) is 6.23. The van der Waals surface area contributed by atoms with E-state index in [0.29, 0.717) is 24.4 Å². The first-order valence-corrected chi connectivity index (χ1v) is 17.0. The topological polar surface area (TPSA) is 91.3 Å².